The number of carbonyl (C=O) groups is 3. The Kier molecular flexibility index (Phi) is 4.82. The number of amides is 2. The highest BCUT2D eigenvalue weighted by atomic mass is 16.4. The summed E-state index contributed by atoms with van der Waals surface area (Å²) in [7, 11) is 1.53. The van der Waals surface area contributed by atoms with Gasteiger partial charge in [0.15, 0.2) is 0 Å². The summed E-state index contributed by atoms with van der Waals surface area (Å²) in [4.78, 5) is 33.1. The summed E-state index contributed by atoms with van der Waals surface area (Å²) in [5, 5.41) is 13.4. The zero-order valence-corrected chi connectivity index (χ0v) is 10.6. The second-order valence-electron chi connectivity index (χ2n) is 3.77. The number of aliphatic carboxylic acids is 1. The van der Waals surface area contributed by atoms with Crippen LogP contribution in [-0.4, -0.2) is 29.9 Å². The molecule has 0 unspecified atom stereocenters. The summed E-state index contributed by atoms with van der Waals surface area (Å²) < 4.78 is 0. The number of carbonyl (C=O) groups excluding carboxylic acids is 2. The van der Waals surface area contributed by atoms with Gasteiger partial charge in [-0.05, 0) is 30.7 Å². The van der Waals surface area contributed by atoms with Gasteiger partial charge in [0.1, 0.15) is 0 Å². The summed E-state index contributed by atoms with van der Waals surface area (Å²) in [6.45, 7) is 1.74. The van der Waals surface area contributed by atoms with Crippen molar-refractivity contribution in [1.29, 1.82) is 0 Å². The lowest BCUT2D eigenvalue weighted by Gasteiger charge is -2.08. The smallest absolute Gasteiger partial charge is 0.328 e. The van der Waals surface area contributed by atoms with E-state index in [1.54, 1.807) is 25.1 Å². The number of benzene rings is 1. The van der Waals surface area contributed by atoms with Crippen molar-refractivity contribution in [3.63, 3.8) is 0 Å². The highest BCUT2D eigenvalue weighted by Gasteiger charge is 2.07. The summed E-state index contributed by atoms with van der Waals surface area (Å²) in [5.74, 6) is -1.95. The van der Waals surface area contributed by atoms with Gasteiger partial charge in [0.2, 0.25) is 5.91 Å². The molecule has 0 heterocycles. The Morgan fingerprint density at radius 2 is 1.89 bits per heavy atom. The molecule has 1 aromatic carbocycles. The molecule has 0 aliphatic heterocycles. The zero-order chi connectivity index (χ0) is 14.4. The van der Waals surface area contributed by atoms with Crippen LogP contribution < -0.4 is 10.6 Å². The van der Waals surface area contributed by atoms with Crippen LogP contribution in [0.15, 0.2) is 30.4 Å². The van der Waals surface area contributed by atoms with Crippen LogP contribution in [0.4, 0.5) is 5.69 Å². The van der Waals surface area contributed by atoms with E-state index >= 15 is 0 Å². The van der Waals surface area contributed by atoms with Crippen LogP contribution in [0.2, 0.25) is 0 Å². The molecule has 19 heavy (non-hydrogen) atoms. The molecule has 0 aromatic heterocycles. The van der Waals surface area contributed by atoms with Gasteiger partial charge < -0.3 is 15.7 Å². The third-order valence-electron chi connectivity index (χ3n) is 2.35. The summed E-state index contributed by atoms with van der Waals surface area (Å²) in [6.07, 6.45) is 1.68. The molecule has 6 nitrogen and oxygen atoms in total. The van der Waals surface area contributed by atoms with Crippen molar-refractivity contribution in [3.8, 4) is 0 Å². The number of aryl methyl sites for hydroxylation is 1. The molecular weight excluding hydrogens is 248 g/mol. The van der Waals surface area contributed by atoms with E-state index in [9.17, 15) is 14.4 Å². The highest BCUT2D eigenvalue weighted by molar-refractivity contribution is 6.03. The van der Waals surface area contributed by atoms with Crippen molar-refractivity contribution < 1.29 is 19.5 Å². The largest absolute Gasteiger partial charge is 0.478 e. The third-order valence-corrected chi connectivity index (χ3v) is 2.35. The molecule has 0 bridgehead atoms. The van der Waals surface area contributed by atoms with Crippen LogP contribution in [0.5, 0.6) is 0 Å². The van der Waals surface area contributed by atoms with Crippen molar-refractivity contribution in [1.82, 2.24) is 5.32 Å². The number of carboxylic acids is 1. The van der Waals surface area contributed by atoms with Gasteiger partial charge >= 0.3 is 5.97 Å². The fourth-order valence-electron chi connectivity index (χ4n) is 1.41. The molecule has 0 atom stereocenters. The number of carboxylic acid groups (broad SMARTS) is 1. The normalized spacial score (nSPS) is 10.2. The molecule has 1 aromatic rings. The molecule has 2 amide bonds. The standard InChI is InChI=1S/C13H14N2O4/c1-8-7-9(13(19)14-2)3-4-10(8)15-11(16)5-6-12(17)18/h3-7H,1-2H3,(H,14,19)(H,15,16)(H,17,18)/b6-5+. The van der Waals surface area contributed by atoms with Gasteiger partial charge in [-0.25, -0.2) is 4.79 Å². The number of hydrogen-bond acceptors (Lipinski definition) is 3. The lowest BCUT2D eigenvalue weighted by Crippen LogP contribution is -2.18. The first-order valence-electron chi connectivity index (χ1n) is 5.48. The Hall–Kier alpha value is -2.63. The first-order chi connectivity index (χ1) is 8.93. The predicted octanol–water partition coefficient (Wildman–Crippen LogP) is 0.934. The Morgan fingerprint density at radius 3 is 2.42 bits per heavy atom. The highest BCUT2D eigenvalue weighted by Crippen LogP contribution is 2.16. The lowest BCUT2D eigenvalue weighted by molar-refractivity contribution is -0.131. The Balaban J connectivity index is 2.83. The lowest BCUT2D eigenvalue weighted by atomic mass is 10.1. The molecule has 3 N–H and O–H groups in total. The van der Waals surface area contributed by atoms with Gasteiger partial charge in [0.05, 0.1) is 0 Å². The van der Waals surface area contributed by atoms with Gasteiger partial charge in [-0.2, -0.15) is 0 Å². The maximum Gasteiger partial charge on any atom is 0.328 e. The van der Waals surface area contributed by atoms with E-state index in [1.807, 2.05) is 0 Å². The van der Waals surface area contributed by atoms with Gasteiger partial charge in [0.25, 0.3) is 5.91 Å². The molecule has 0 radical (unpaired) electrons. The van der Waals surface area contributed by atoms with E-state index in [0.29, 0.717) is 16.8 Å². The molecule has 0 aliphatic carbocycles. The topological polar surface area (TPSA) is 95.5 Å². The Bertz CT molecular complexity index is 550. The van der Waals surface area contributed by atoms with E-state index in [0.717, 1.165) is 12.2 Å². The molecule has 0 saturated heterocycles. The van der Waals surface area contributed by atoms with E-state index in [-0.39, 0.29) is 5.91 Å². The third kappa shape index (κ3) is 4.27. The van der Waals surface area contributed by atoms with Crippen LogP contribution in [0.1, 0.15) is 15.9 Å². The van der Waals surface area contributed by atoms with Crippen molar-refractivity contribution in [2.75, 3.05) is 12.4 Å². The van der Waals surface area contributed by atoms with Crippen molar-refractivity contribution in [2.24, 2.45) is 0 Å². The molecule has 1 rings (SSSR count). The van der Waals surface area contributed by atoms with Gasteiger partial charge in [-0.1, -0.05) is 0 Å². The molecule has 0 saturated carbocycles. The number of rotatable bonds is 4. The van der Waals surface area contributed by atoms with Gasteiger partial charge in [0, 0.05) is 30.5 Å². The number of nitrogens with one attached hydrogen (secondary N) is 2. The minimum atomic E-state index is -1.19. The monoisotopic (exact) mass is 262 g/mol. The minimum absolute atomic E-state index is 0.216. The molecule has 0 aliphatic rings. The quantitative estimate of drug-likeness (QED) is 0.703. The van der Waals surface area contributed by atoms with Crippen molar-refractivity contribution in [2.45, 2.75) is 6.92 Å². The predicted molar refractivity (Wildman–Crippen MR) is 70.0 cm³/mol. The van der Waals surface area contributed by atoms with Crippen LogP contribution in [-0.2, 0) is 9.59 Å². The second kappa shape index (κ2) is 6.34. The first kappa shape index (κ1) is 14.4. The van der Waals surface area contributed by atoms with Gasteiger partial charge in [-0.15, -0.1) is 0 Å². The Labute approximate surface area is 110 Å². The average Bonchev–Trinajstić information content (AvgIpc) is 2.37. The molecule has 0 spiro atoms. The van der Waals surface area contributed by atoms with Crippen LogP contribution in [0, 0.1) is 6.92 Å². The fourth-order valence-corrected chi connectivity index (χ4v) is 1.41. The Morgan fingerprint density at radius 1 is 1.21 bits per heavy atom. The average molecular weight is 262 g/mol. The molecule has 0 fully saturated rings. The van der Waals surface area contributed by atoms with Crippen LogP contribution in [0.3, 0.4) is 0 Å². The maximum atomic E-state index is 11.4. The van der Waals surface area contributed by atoms with Gasteiger partial charge in [-0.3, -0.25) is 9.59 Å². The maximum absolute atomic E-state index is 11.4. The SMILES string of the molecule is CNC(=O)c1ccc(NC(=O)/C=C/C(=O)O)c(C)c1. The fraction of sp³-hybridized carbons (Fsp3) is 0.154. The number of anilines is 1. The number of hydrogen-bond donors (Lipinski definition) is 3. The van der Waals surface area contributed by atoms with Crippen LogP contribution in [0.25, 0.3) is 0 Å². The summed E-state index contributed by atoms with van der Waals surface area (Å²) in [5.41, 5.74) is 1.71. The van der Waals surface area contributed by atoms with Crippen molar-refractivity contribution in [3.05, 3.63) is 41.5 Å². The molecule has 100 valence electrons. The summed E-state index contributed by atoms with van der Waals surface area (Å²) in [6, 6.07) is 4.80. The summed E-state index contributed by atoms with van der Waals surface area (Å²) >= 11 is 0. The zero-order valence-electron chi connectivity index (χ0n) is 10.6. The first-order valence-corrected chi connectivity index (χ1v) is 5.48. The van der Waals surface area contributed by atoms with E-state index < -0.39 is 11.9 Å². The van der Waals surface area contributed by atoms with E-state index in [2.05, 4.69) is 10.6 Å². The van der Waals surface area contributed by atoms with E-state index in [4.69, 9.17) is 5.11 Å². The van der Waals surface area contributed by atoms with Crippen LogP contribution >= 0.6 is 0 Å². The molecule has 6 heteroatoms. The van der Waals surface area contributed by atoms with Crippen molar-refractivity contribution >= 4 is 23.5 Å². The molecular formula is C13H14N2O4. The van der Waals surface area contributed by atoms with E-state index in [1.165, 1.54) is 7.05 Å². The second-order valence-corrected chi connectivity index (χ2v) is 3.77. The minimum Gasteiger partial charge on any atom is -0.478 e.